The van der Waals surface area contributed by atoms with Crippen LogP contribution in [-0.4, -0.2) is 141 Å². The Morgan fingerprint density at radius 2 is 1.45 bits per heavy atom. The second kappa shape index (κ2) is 23.3. The number of hydrogen-bond donors (Lipinski definition) is 7. The molecule has 0 aromatic carbocycles. The quantitative estimate of drug-likeness (QED) is 0.0778. The summed E-state index contributed by atoms with van der Waals surface area (Å²) in [5, 5.41) is 27.6. The molecule has 0 radical (unpaired) electrons. The van der Waals surface area contributed by atoms with Gasteiger partial charge < -0.3 is 90.6 Å². The van der Waals surface area contributed by atoms with Gasteiger partial charge in [0.1, 0.15) is 78.9 Å². The lowest BCUT2D eigenvalue weighted by molar-refractivity contribution is -0.894. The standard InChI is InChI=1S/C28H37N9O10P2S2.2C6H15N/c29-5-1-3-13-7-37(25-17(13)23(30)32-11-34-25)28-22-19(38)15(44-28)9-42-48(40,50)46-21-16(10-43-49(41,51)47-22)45-27(20(21)39)36-8-14-4-2-6-31-24-18(14)26(36)35-12-33-24;2*1-4-7(5-2)6-3/h7-8,11-12,15-16,19-22,27-28,38-39H,1-6,9-10,29H2,(H,40,50)(H,41,51)(H2,30,32,34)(H,31,33,35);2*4-6H2,1-3H3/t15-,16-,19-,20-,21-,22-,27-,28-,48?,49?;;/m1../s1. The normalized spacial score (nSPS) is 30.4. The van der Waals surface area contributed by atoms with E-state index in [0.717, 1.165) is 35.9 Å². The molecule has 364 valence electrons. The molecule has 2 bridgehead atoms. The third-order valence-corrected chi connectivity index (χ3v) is 15.5. The number of ether oxygens (including phenoxy) is 2. The predicted octanol–water partition coefficient (Wildman–Crippen LogP) is 0.143. The first-order valence-corrected chi connectivity index (χ1v) is 27.8. The van der Waals surface area contributed by atoms with Gasteiger partial charge in [-0.05, 0) is 84.9 Å². The van der Waals surface area contributed by atoms with Crippen molar-refractivity contribution in [2.45, 2.75) is 116 Å². The zero-order valence-electron chi connectivity index (χ0n) is 38.0. The van der Waals surface area contributed by atoms with Crippen molar-refractivity contribution in [3.8, 4) is 0 Å². The highest BCUT2D eigenvalue weighted by atomic mass is 32.7. The summed E-state index contributed by atoms with van der Waals surface area (Å²) in [5.41, 5.74) is 14.5. The molecule has 0 amide bonds. The van der Waals surface area contributed by atoms with Gasteiger partial charge in [0.25, 0.3) is 0 Å². The number of aryl methyl sites for hydroxylation is 2. The van der Waals surface area contributed by atoms with E-state index in [4.69, 9.17) is 63.1 Å². The van der Waals surface area contributed by atoms with E-state index in [2.05, 4.69) is 66.8 Å². The van der Waals surface area contributed by atoms with E-state index in [1.165, 1.54) is 51.9 Å². The Balaban J connectivity index is 0.000000435. The summed E-state index contributed by atoms with van der Waals surface area (Å²) in [6.07, 6.45) is -1.58. The minimum absolute atomic E-state index is 0.216. The molecule has 2 unspecified atom stereocenters. The summed E-state index contributed by atoms with van der Waals surface area (Å²) in [7, 11) is 0. The smallest absolute Gasteiger partial charge is 0.200 e. The Labute approximate surface area is 390 Å². The molecule has 25 heteroatoms. The van der Waals surface area contributed by atoms with E-state index < -0.39 is 75.8 Å². The number of nitrogens with two attached hydrogens (primary N) is 2. The van der Waals surface area contributed by atoms with Crippen molar-refractivity contribution in [3.05, 3.63) is 36.2 Å². The molecule has 0 spiro atoms. The molecule has 4 aliphatic rings. The van der Waals surface area contributed by atoms with Crippen molar-refractivity contribution >= 4 is 71.3 Å². The Bertz CT molecular complexity index is 2250. The number of rotatable bonds is 11. The molecule has 4 aromatic heterocycles. The second-order valence-electron chi connectivity index (χ2n) is 16.3. The van der Waals surface area contributed by atoms with E-state index >= 15 is 0 Å². The third kappa shape index (κ3) is 12.1. The molecule has 3 saturated heterocycles. The summed E-state index contributed by atoms with van der Waals surface area (Å²) in [6.45, 7) is 12.2. The largest absolute Gasteiger partial charge is 0.780 e. The van der Waals surface area contributed by atoms with Crippen molar-refractivity contribution in [2.75, 3.05) is 76.6 Å². The maximum Gasteiger partial charge on any atom is 0.200 e. The number of nitrogens with one attached hydrogen (secondary N) is 3. The van der Waals surface area contributed by atoms with Crippen LogP contribution in [0.3, 0.4) is 0 Å². The molecular weight excluding hydrogens is 921 g/mol. The van der Waals surface area contributed by atoms with Gasteiger partial charge in [-0.15, -0.1) is 0 Å². The van der Waals surface area contributed by atoms with E-state index in [-0.39, 0.29) is 5.82 Å². The highest BCUT2D eigenvalue weighted by Gasteiger charge is 2.51. The number of fused-ring (bicyclic) bond motifs is 4. The van der Waals surface area contributed by atoms with Gasteiger partial charge in [0.15, 0.2) is 12.5 Å². The van der Waals surface area contributed by atoms with E-state index in [0.29, 0.717) is 41.9 Å². The Morgan fingerprint density at radius 3 is 2.08 bits per heavy atom. The van der Waals surface area contributed by atoms with Gasteiger partial charge in [-0.2, -0.15) is 0 Å². The zero-order chi connectivity index (χ0) is 47.1. The second-order valence-corrected chi connectivity index (χ2v) is 21.7. The van der Waals surface area contributed by atoms with Gasteiger partial charge in [-0.3, -0.25) is 4.57 Å². The van der Waals surface area contributed by atoms with Gasteiger partial charge >= 0.3 is 0 Å². The average molecular weight is 988 g/mol. The van der Waals surface area contributed by atoms with Crippen LogP contribution in [0.4, 0.5) is 11.6 Å². The molecule has 8 rings (SSSR count). The van der Waals surface area contributed by atoms with E-state index in [1.807, 2.05) is 6.20 Å². The van der Waals surface area contributed by atoms with Crippen LogP contribution in [0.2, 0.25) is 0 Å². The summed E-state index contributed by atoms with van der Waals surface area (Å²) in [5.74, 6) is 0.871. The Hall–Kier alpha value is -2.41. The van der Waals surface area contributed by atoms with Crippen LogP contribution in [0.25, 0.3) is 22.1 Å². The lowest BCUT2D eigenvalue weighted by Crippen LogP contribution is -3.11. The van der Waals surface area contributed by atoms with Crippen LogP contribution in [0.5, 0.6) is 0 Å². The molecule has 10 atom stereocenters. The van der Waals surface area contributed by atoms with Crippen molar-refractivity contribution in [1.82, 2.24) is 29.1 Å². The van der Waals surface area contributed by atoms with Crippen LogP contribution >= 0.6 is 13.5 Å². The fraction of sp³-hybridized carbons (Fsp3) is 0.700. The van der Waals surface area contributed by atoms with Crippen molar-refractivity contribution < 1.29 is 57.0 Å². The lowest BCUT2D eigenvalue weighted by atomic mass is 10.1. The van der Waals surface area contributed by atoms with Crippen LogP contribution in [-0.2, 0) is 69.0 Å². The van der Waals surface area contributed by atoms with Gasteiger partial charge in [0, 0.05) is 18.9 Å². The number of quaternary nitrogens is 2. The molecule has 9 N–H and O–H groups in total. The molecule has 4 aliphatic heterocycles. The van der Waals surface area contributed by atoms with E-state index in [1.54, 1.807) is 25.1 Å². The number of aromatic nitrogens is 6. The lowest BCUT2D eigenvalue weighted by Gasteiger charge is -2.34. The maximum atomic E-state index is 13.8. The molecule has 4 aromatic rings. The number of aliphatic hydroxyl groups excluding tert-OH is 2. The molecule has 3 fully saturated rings. The number of hydrogen-bond acceptors (Lipinski definition) is 19. The highest BCUT2D eigenvalue weighted by Crippen LogP contribution is 2.54. The number of anilines is 2. The summed E-state index contributed by atoms with van der Waals surface area (Å²) >= 11 is 10.6. The Morgan fingerprint density at radius 1 is 0.846 bits per heavy atom. The summed E-state index contributed by atoms with van der Waals surface area (Å²) in [4.78, 5) is 34.3. The average Bonchev–Trinajstić information content (AvgIpc) is 3.98. The van der Waals surface area contributed by atoms with Gasteiger partial charge in [0.05, 0.1) is 63.3 Å². The monoisotopic (exact) mass is 987 g/mol. The van der Waals surface area contributed by atoms with Gasteiger partial charge in [-0.25, -0.2) is 19.9 Å². The third-order valence-electron chi connectivity index (χ3n) is 12.4. The molecule has 21 nitrogen and oxygen atoms in total. The number of aliphatic hydroxyl groups is 2. The highest BCUT2D eigenvalue weighted by molar-refractivity contribution is 8.32. The summed E-state index contributed by atoms with van der Waals surface area (Å²) < 4.78 is 52.3. The first-order chi connectivity index (χ1) is 31.1. The molecule has 0 aliphatic carbocycles. The van der Waals surface area contributed by atoms with Crippen LogP contribution < -0.4 is 31.5 Å². The molecule has 0 saturated carbocycles. The number of nitrogens with zero attached hydrogens (tertiary/aromatic N) is 6. The maximum absolute atomic E-state index is 13.8. The van der Waals surface area contributed by atoms with Crippen molar-refractivity contribution in [2.24, 2.45) is 5.73 Å². The fourth-order valence-corrected chi connectivity index (χ4v) is 11.5. The fourth-order valence-electron chi connectivity index (χ4n) is 8.62. The molecular formula is C40H67N11O10P2S2. The minimum Gasteiger partial charge on any atom is -0.780 e. The minimum atomic E-state index is -4.44. The Kier molecular flexibility index (Phi) is 18.6. The zero-order valence-corrected chi connectivity index (χ0v) is 41.5. The SMILES string of the molecule is CC[NH+](CC)CC.CC[NH+](CC)CC.NCCCc1cn([C@@H]2O[C@@H]3COP([O-])(=S)O[C@H]4[C@@H](O)[C@H](n5cc6c7c(ncnc75)NCCC6)O[C@@H]4COP(=O)([S-])O[C@@H]2[C@@H]3O)c2ncnc(N)c12. The van der Waals surface area contributed by atoms with Crippen molar-refractivity contribution in [3.63, 3.8) is 0 Å². The van der Waals surface area contributed by atoms with Crippen molar-refractivity contribution in [1.29, 1.82) is 0 Å². The number of nitrogen functional groups attached to an aromatic ring is 1. The molecule has 65 heavy (non-hydrogen) atoms. The predicted molar refractivity (Wildman–Crippen MR) is 250 cm³/mol. The van der Waals surface area contributed by atoms with Gasteiger partial charge in [0.2, 0.25) is 6.80 Å². The first-order valence-electron chi connectivity index (χ1n) is 22.6. The topological polar surface area (TPSA) is 270 Å². The summed E-state index contributed by atoms with van der Waals surface area (Å²) in [6, 6.07) is 0. The molecule has 8 heterocycles. The van der Waals surface area contributed by atoms with Crippen LogP contribution in [0.15, 0.2) is 25.0 Å². The van der Waals surface area contributed by atoms with Crippen LogP contribution in [0, 0.1) is 0 Å². The van der Waals surface area contributed by atoms with Gasteiger partial charge in [-0.1, -0.05) is 11.8 Å². The van der Waals surface area contributed by atoms with Crippen LogP contribution in [0.1, 0.15) is 78.0 Å². The van der Waals surface area contributed by atoms with E-state index in [9.17, 15) is 19.7 Å². The first kappa shape index (κ1) is 52.0.